The molecule has 0 unspecified atom stereocenters. The van der Waals surface area contributed by atoms with E-state index >= 15 is 0 Å². The molecule has 9 nitrogen and oxygen atoms in total. The summed E-state index contributed by atoms with van der Waals surface area (Å²) in [6, 6.07) is 9.41. The highest BCUT2D eigenvalue weighted by atomic mass is 16.2. The molecule has 0 saturated carbocycles. The van der Waals surface area contributed by atoms with Crippen molar-refractivity contribution in [1.29, 1.82) is 5.26 Å². The molecule has 1 aromatic carbocycles. The summed E-state index contributed by atoms with van der Waals surface area (Å²) < 4.78 is 0. The van der Waals surface area contributed by atoms with Crippen molar-refractivity contribution in [3.63, 3.8) is 0 Å². The van der Waals surface area contributed by atoms with Crippen LogP contribution in [-0.2, 0) is 4.79 Å². The number of aliphatic imine (C=N–C) groups is 1. The second kappa shape index (κ2) is 8.38. The van der Waals surface area contributed by atoms with Gasteiger partial charge in [-0.1, -0.05) is 26.0 Å². The molecule has 1 aromatic heterocycles. The lowest BCUT2D eigenvalue weighted by atomic mass is 9.88. The minimum absolute atomic E-state index is 0.0122. The van der Waals surface area contributed by atoms with Gasteiger partial charge < -0.3 is 20.9 Å². The van der Waals surface area contributed by atoms with Gasteiger partial charge in [-0.15, -0.1) is 0 Å². The minimum atomic E-state index is -0.930. The number of benzene rings is 1. The first-order chi connectivity index (χ1) is 14.9. The summed E-state index contributed by atoms with van der Waals surface area (Å²) in [6.45, 7) is 5.03. The number of hydrogen-bond donors (Lipinski definition) is 4. The van der Waals surface area contributed by atoms with Crippen LogP contribution in [0.5, 0.6) is 0 Å². The molecule has 31 heavy (non-hydrogen) atoms. The lowest BCUT2D eigenvalue weighted by molar-refractivity contribution is -0.122. The fourth-order valence-electron chi connectivity index (χ4n) is 4.22. The van der Waals surface area contributed by atoms with Crippen molar-refractivity contribution in [2.45, 2.75) is 44.7 Å². The highest BCUT2D eigenvalue weighted by Gasteiger charge is 2.42. The van der Waals surface area contributed by atoms with Crippen LogP contribution in [0.25, 0.3) is 11.0 Å². The van der Waals surface area contributed by atoms with Crippen LogP contribution < -0.4 is 16.0 Å². The van der Waals surface area contributed by atoms with E-state index in [-0.39, 0.29) is 36.1 Å². The van der Waals surface area contributed by atoms with E-state index in [1.54, 1.807) is 0 Å². The quantitative estimate of drug-likeness (QED) is 0.537. The Hall–Kier alpha value is -3.41. The van der Waals surface area contributed by atoms with Crippen molar-refractivity contribution in [2.75, 3.05) is 13.1 Å². The lowest BCUT2D eigenvalue weighted by Gasteiger charge is -2.27. The van der Waals surface area contributed by atoms with Gasteiger partial charge in [0.25, 0.3) is 5.91 Å². The molecule has 2 aliphatic heterocycles. The zero-order valence-electron chi connectivity index (χ0n) is 17.7. The average molecular weight is 422 g/mol. The third-order valence-electron chi connectivity index (χ3n) is 5.81. The van der Waals surface area contributed by atoms with Gasteiger partial charge in [0.05, 0.1) is 29.7 Å². The van der Waals surface area contributed by atoms with Gasteiger partial charge in [-0.05, 0) is 37.3 Å². The first kappa shape index (κ1) is 20.8. The molecule has 3 heterocycles. The second-order valence-corrected chi connectivity index (χ2v) is 8.76. The molecule has 9 heteroatoms. The van der Waals surface area contributed by atoms with E-state index < -0.39 is 5.54 Å². The van der Waals surface area contributed by atoms with E-state index in [0.29, 0.717) is 31.1 Å². The summed E-state index contributed by atoms with van der Waals surface area (Å²) in [5.74, 6) is 0.581. The van der Waals surface area contributed by atoms with E-state index in [0.717, 1.165) is 17.5 Å². The molecule has 4 N–H and O–H groups in total. The molecular formula is C22H27N7O2. The zero-order chi connectivity index (χ0) is 22.0. The number of para-hydroxylation sites is 2. The molecule has 0 aliphatic carbocycles. The van der Waals surface area contributed by atoms with Crippen LogP contribution in [0.15, 0.2) is 29.3 Å². The van der Waals surface area contributed by atoms with Crippen LogP contribution in [0, 0.1) is 23.2 Å². The molecule has 4 rings (SSSR count). The Balaban J connectivity index is 1.49. The van der Waals surface area contributed by atoms with Crippen molar-refractivity contribution in [2.24, 2.45) is 16.8 Å². The van der Waals surface area contributed by atoms with Crippen LogP contribution in [0.2, 0.25) is 0 Å². The van der Waals surface area contributed by atoms with Crippen LogP contribution >= 0.6 is 0 Å². The number of nitrogens with zero attached hydrogens (tertiary/aromatic N) is 3. The molecule has 1 saturated heterocycles. The summed E-state index contributed by atoms with van der Waals surface area (Å²) >= 11 is 0. The highest BCUT2D eigenvalue weighted by Crippen LogP contribution is 2.26. The van der Waals surface area contributed by atoms with Crippen LogP contribution in [0.4, 0.5) is 0 Å². The number of aromatic amines is 1. The van der Waals surface area contributed by atoms with E-state index in [1.807, 2.05) is 24.3 Å². The highest BCUT2D eigenvalue weighted by molar-refractivity contribution is 5.99. The number of hydrogen-bond acceptors (Lipinski definition) is 6. The number of fused-ring (bicyclic) bond motifs is 1. The Morgan fingerprint density at radius 3 is 2.87 bits per heavy atom. The van der Waals surface area contributed by atoms with Crippen LogP contribution in [0.3, 0.4) is 0 Å². The van der Waals surface area contributed by atoms with Gasteiger partial charge in [-0.25, -0.2) is 4.98 Å². The lowest BCUT2D eigenvalue weighted by Crippen LogP contribution is -2.53. The smallest absolute Gasteiger partial charge is 0.287 e. The van der Waals surface area contributed by atoms with Crippen LogP contribution in [-0.4, -0.2) is 52.3 Å². The molecule has 2 aliphatic rings. The number of aromatic nitrogens is 2. The molecular weight excluding hydrogens is 394 g/mol. The third kappa shape index (κ3) is 4.38. The maximum Gasteiger partial charge on any atom is 0.287 e. The predicted molar refractivity (Wildman–Crippen MR) is 116 cm³/mol. The molecule has 0 spiro atoms. The molecule has 0 bridgehead atoms. The Morgan fingerprint density at radius 2 is 2.19 bits per heavy atom. The first-order valence-corrected chi connectivity index (χ1v) is 10.7. The zero-order valence-corrected chi connectivity index (χ0v) is 17.7. The Labute approximate surface area is 180 Å². The maximum absolute atomic E-state index is 12.9. The standard InChI is InChI=1S/C22H27N7O2/c1-13(2)9-17(28-21(31)19-26-15-5-3-4-6-16(15)27-19)18-25-12-22(11-23,29-18)10-14-7-8-24-20(14)30/h3-6,13-14,17H,7-10,12H2,1-2H3,(H,24,30)(H,25,29)(H,26,27)(H,28,31)/t14-,17-,22+/m0/s1. The van der Waals surface area contributed by atoms with Crippen molar-refractivity contribution in [3.05, 3.63) is 30.1 Å². The summed E-state index contributed by atoms with van der Waals surface area (Å²) in [5, 5.41) is 19.0. The van der Waals surface area contributed by atoms with Gasteiger partial charge in [-0.2, -0.15) is 5.26 Å². The number of rotatable bonds is 7. The van der Waals surface area contributed by atoms with Gasteiger partial charge in [0, 0.05) is 12.5 Å². The number of H-pyrrole nitrogens is 1. The Kier molecular flexibility index (Phi) is 5.63. The summed E-state index contributed by atoms with van der Waals surface area (Å²) in [4.78, 5) is 36.9. The van der Waals surface area contributed by atoms with Gasteiger partial charge >= 0.3 is 0 Å². The molecule has 1 fully saturated rings. The largest absolute Gasteiger partial charge is 0.356 e. The number of imidazole rings is 1. The van der Waals surface area contributed by atoms with Crippen LogP contribution in [0.1, 0.15) is 43.7 Å². The third-order valence-corrected chi connectivity index (χ3v) is 5.81. The van der Waals surface area contributed by atoms with Gasteiger partial charge in [0.2, 0.25) is 5.91 Å². The molecule has 2 aromatic rings. The summed E-state index contributed by atoms with van der Waals surface area (Å²) in [5.41, 5.74) is 0.589. The minimum Gasteiger partial charge on any atom is -0.356 e. The maximum atomic E-state index is 12.9. The summed E-state index contributed by atoms with van der Waals surface area (Å²) in [6.07, 6.45) is 1.77. The SMILES string of the molecule is CC(C)C[C@H](NC(=O)c1nc2ccccc2[nH]1)C1=NC[C@](C#N)(C[C@@H]2CCNC2=O)N1. The number of nitrogens with one attached hydrogen (secondary N) is 4. The van der Waals surface area contributed by atoms with E-state index in [4.69, 9.17) is 0 Å². The van der Waals surface area contributed by atoms with Crippen molar-refractivity contribution in [3.8, 4) is 6.07 Å². The Bertz CT molecular complexity index is 1030. The number of nitriles is 1. The van der Waals surface area contributed by atoms with Gasteiger partial charge in [0.1, 0.15) is 11.4 Å². The number of carbonyl (C=O) groups excluding carboxylic acids is 2. The van der Waals surface area contributed by atoms with Crippen molar-refractivity contribution < 1.29 is 9.59 Å². The van der Waals surface area contributed by atoms with Crippen molar-refractivity contribution in [1.82, 2.24) is 25.9 Å². The first-order valence-electron chi connectivity index (χ1n) is 10.7. The topological polar surface area (TPSA) is 135 Å². The molecule has 2 amide bonds. The fourth-order valence-corrected chi connectivity index (χ4v) is 4.22. The van der Waals surface area contributed by atoms with E-state index in [9.17, 15) is 14.9 Å². The van der Waals surface area contributed by atoms with E-state index in [1.165, 1.54) is 0 Å². The average Bonchev–Trinajstić information content (AvgIpc) is 3.46. The normalized spacial score (nSPS) is 23.9. The van der Waals surface area contributed by atoms with Gasteiger partial charge in [0.15, 0.2) is 5.82 Å². The van der Waals surface area contributed by atoms with Gasteiger partial charge in [-0.3, -0.25) is 14.6 Å². The number of amides is 2. The molecule has 162 valence electrons. The summed E-state index contributed by atoms with van der Waals surface area (Å²) in [7, 11) is 0. The molecule has 3 atom stereocenters. The predicted octanol–water partition coefficient (Wildman–Crippen LogP) is 1.50. The molecule has 0 radical (unpaired) electrons. The van der Waals surface area contributed by atoms with E-state index in [2.05, 4.69) is 50.8 Å². The number of carbonyl (C=O) groups is 2. The fraction of sp³-hybridized carbons (Fsp3) is 0.500. The second-order valence-electron chi connectivity index (χ2n) is 8.76. The number of amidine groups is 1. The monoisotopic (exact) mass is 421 g/mol. The van der Waals surface area contributed by atoms with Crippen molar-refractivity contribution >= 4 is 28.7 Å². The Morgan fingerprint density at radius 1 is 1.39 bits per heavy atom.